The van der Waals surface area contributed by atoms with Crippen LogP contribution in [0, 0.1) is 13.8 Å². The van der Waals surface area contributed by atoms with Gasteiger partial charge < -0.3 is 10.3 Å². The van der Waals surface area contributed by atoms with Gasteiger partial charge in [0.1, 0.15) is 5.82 Å². The smallest absolute Gasteiger partial charge is 0.110 e. The third-order valence-corrected chi connectivity index (χ3v) is 4.15. The first kappa shape index (κ1) is 13.2. The van der Waals surface area contributed by atoms with Crippen LogP contribution in [0.25, 0.3) is 0 Å². The zero-order valence-electron chi connectivity index (χ0n) is 11.2. The van der Waals surface area contributed by atoms with Gasteiger partial charge in [0, 0.05) is 36.3 Å². The van der Waals surface area contributed by atoms with E-state index in [1.54, 1.807) is 11.3 Å². The topological polar surface area (TPSA) is 56.7 Å². The van der Waals surface area contributed by atoms with Crippen molar-refractivity contribution in [2.45, 2.75) is 46.2 Å². The maximum Gasteiger partial charge on any atom is 0.110 e. The molecule has 0 amide bonds. The summed E-state index contributed by atoms with van der Waals surface area (Å²) in [7, 11) is 0. The first-order chi connectivity index (χ1) is 8.61. The van der Waals surface area contributed by atoms with Crippen LogP contribution in [0.15, 0.2) is 12.4 Å². The molecule has 2 aromatic heterocycles. The van der Waals surface area contributed by atoms with Crippen LogP contribution in [-0.4, -0.2) is 14.5 Å². The van der Waals surface area contributed by atoms with Crippen molar-refractivity contribution in [2.75, 3.05) is 0 Å². The standard InChI is InChI=1S/C13H20N4S/c1-4-6-17-7-5-15-12(17)8-11(14)13-9(2)16-10(3)18-13/h5,7,11H,4,6,8,14H2,1-3H3. The van der Waals surface area contributed by atoms with Crippen molar-refractivity contribution in [3.8, 4) is 0 Å². The van der Waals surface area contributed by atoms with Crippen LogP contribution in [0.4, 0.5) is 0 Å². The zero-order chi connectivity index (χ0) is 13.1. The van der Waals surface area contributed by atoms with Crippen LogP contribution >= 0.6 is 11.3 Å². The van der Waals surface area contributed by atoms with E-state index in [1.807, 2.05) is 26.2 Å². The Kier molecular flexibility index (Phi) is 4.14. The maximum atomic E-state index is 6.28. The highest BCUT2D eigenvalue weighted by Gasteiger charge is 2.16. The lowest BCUT2D eigenvalue weighted by molar-refractivity contribution is 0.601. The number of nitrogens with zero attached hydrogens (tertiary/aromatic N) is 3. The number of aryl methyl sites for hydroxylation is 3. The summed E-state index contributed by atoms with van der Waals surface area (Å²) in [6.45, 7) is 7.21. The minimum atomic E-state index is -0.00536. The molecule has 4 nitrogen and oxygen atoms in total. The fraction of sp³-hybridized carbons (Fsp3) is 0.538. The fourth-order valence-corrected chi connectivity index (χ4v) is 3.08. The van der Waals surface area contributed by atoms with E-state index < -0.39 is 0 Å². The summed E-state index contributed by atoms with van der Waals surface area (Å²) in [4.78, 5) is 10.0. The van der Waals surface area contributed by atoms with E-state index in [1.165, 1.54) is 4.88 Å². The molecule has 18 heavy (non-hydrogen) atoms. The van der Waals surface area contributed by atoms with Crippen LogP contribution in [0.3, 0.4) is 0 Å². The SMILES string of the molecule is CCCn1ccnc1CC(N)c1sc(C)nc1C. The van der Waals surface area contributed by atoms with Crippen molar-refractivity contribution in [2.24, 2.45) is 5.73 Å². The van der Waals surface area contributed by atoms with Gasteiger partial charge in [-0.25, -0.2) is 9.97 Å². The number of hydrogen-bond acceptors (Lipinski definition) is 4. The summed E-state index contributed by atoms with van der Waals surface area (Å²) in [5, 5.41) is 1.08. The Morgan fingerprint density at radius 2 is 2.22 bits per heavy atom. The number of thiazole rings is 1. The highest BCUT2D eigenvalue weighted by molar-refractivity contribution is 7.11. The molecule has 2 rings (SSSR count). The summed E-state index contributed by atoms with van der Waals surface area (Å²) in [6.07, 6.45) is 5.76. The monoisotopic (exact) mass is 264 g/mol. The Balaban J connectivity index is 2.13. The lowest BCUT2D eigenvalue weighted by Crippen LogP contribution is -2.16. The molecule has 2 aromatic rings. The van der Waals surface area contributed by atoms with Crippen molar-refractivity contribution >= 4 is 11.3 Å². The number of aromatic nitrogens is 3. The molecule has 5 heteroatoms. The van der Waals surface area contributed by atoms with Crippen molar-refractivity contribution in [3.05, 3.63) is 33.8 Å². The van der Waals surface area contributed by atoms with Crippen molar-refractivity contribution in [1.29, 1.82) is 0 Å². The molecule has 0 aliphatic rings. The summed E-state index contributed by atoms with van der Waals surface area (Å²) in [5.74, 6) is 1.06. The number of rotatable bonds is 5. The second-order valence-electron chi connectivity index (χ2n) is 4.53. The number of nitrogens with two attached hydrogens (primary N) is 1. The van der Waals surface area contributed by atoms with Crippen molar-refractivity contribution in [3.63, 3.8) is 0 Å². The molecule has 0 aromatic carbocycles. The highest BCUT2D eigenvalue weighted by Crippen LogP contribution is 2.25. The van der Waals surface area contributed by atoms with E-state index in [4.69, 9.17) is 5.73 Å². The molecule has 0 radical (unpaired) electrons. The van der Waals surface area contributed by atoms with Gasteiger partial charge in [-0.3, -0.25) is 0 Å². The third kappa shape index (κ3) is 2.79. The molecule has 1 unspecified atom stereocenters. The summed E-state index contributed by atoms with van der Waals surface area (Å²) < 4.78 is 2.18. The minimum absolute atomic E-state index is 0.00536. The van der Waals surface area contributed by atoms with Gasteiger partial charge >= 0.3 is 0 Å². The van der Waals surface area contributed by atoms with Gasteiger partial charge in [0.15, 0.2) is 0 Å². The Hall–Kier alpha value is -1.20. The van der Waals surface area contributed by atoms with E-state index in [2.05, 4.69) is 21.5 Å². The molecule has 0 fully saturated rings. The molecular weight excluding hydrogens is 244 g/mol. The van der Waals surface area contributed by atoms with E-state index in [-0.39, 0.29) is 6.04 Å². The Bertz CT molecular complexity index is 515. The van der Waals surface area contributed by atoms with E-state index >= 15 is 0 Å². The fourth-order valence-electron chi connectivity index (χ4n) is 2.15. The molecule has 0 aliphatic heterocycles. The van der Waals surface area contributed by atoms with E-state index in [9.17, 15) is 0 Å². The second kappa shape index (κ2) is 5.63. The molecular formula is C13H20N4S. The van der Waals surface area contributed by atoms with Gasteiger partial charge in [0.05, 0.1) is 10.7 Å². The minimum Gasteiger partial charge on any atom is -0.335 e. The first-order valence-corrected chi connectivity index (χ1v) is 7.13. The van der Waals surface area contributed by atoms with Crippen LogP contribution in [0.1, 0.15) is 40.8 Å². The average Bonchev–Trinajstić information content (AvgIpc) is 2.87. The zero-order valence-corrected chi connectivity index (χ0v) is 12.0. The summed E-state index contributed by atoms with van der Waals surface area (Å²) in [5.41, 5.74) is 7.34. The van der Waals surface area contributed by atoms with Gasteiger partial charge in [-0.2, -0.15) is 0 Å². The van der Waals surface area contributed by atoms with Crippen LogP contribution in [0.2, 0.25) is 0 Å². The Labute approximate surface area is 112 Å². The second-order valence-corrected chi connectivity index (χ2v) is 5.76. The maximum absolute atomic E-state index is 6.28. The van der Waals surface area contributed by atoms with Gasteiger partial charge in [0.25, 0.3) is 0 Å². The Morgan fingerprint density at radius 3 is 2.83 bits per heavy atom. The Morgan fingerprint density at radius 1 is 1.44 bits per heavy atom. The van der Waals surface area contributed by atoms with Gasteiger partial charge in [0.2, 0.25) is 0 Å². The van der Waals surface area contributed by atoms with Crippen molar-refractivity contribution in [1.82, 2.24) is 14.5 Å². The largest absolute Gasteiger partial charge is 0.335 e. The third-order valence-electron chi connectivity index (χ3n) is 2.94. The highest BCUT2D eigenvalue weighted by atomic mass is 32.1. The summed E-state index contributed by atoms with van der Waals surface area (Å²) >= 11 is 1.69. The molecule has 2 N–H and O–H groups in total. The van der Waals surface area contributed by atoms with Crippen LogP contribution in [0.5, 0.6) is 0 Å². The van der Waals surface area contributed by atoms with E-state index in [0.717, 1.165) is 35.9 Å². The van der Waals surface area contributed by atoms with Gasteiger partial charge in [-0.05, 0) is 20.3 Å². The lowest BCUT2D eigenvalue weighted by Gasteiger charge is -2.11. The van der Waals surface area contributed by atoms with E-state index in [0.29, 0.717) is 0 Å². The molecule has 98 valence electrons. The summed E-state index contributed by atoms with van der Waals surface area (Å²) in [6, 6.07) is -0.00536. The molecule has 0 saturated carbocycles. The molecule has 1 atom stereocenters. The number of hydrogen-bond donors (Lipinski definition) is 1. The predicted octanol–water partition coefficient (Wildman–Crippen LogP) is 2.61. The normalized spacial score (nSPS) is 12.9. The lowest BCUT2D eigenvalue weighted by atomic mass is 10.1. The van der Waals surface area contributed by atoms with Gasteiger partial charge in [-0.1, -0.05) is 6.92 Å². The average molecular weight is 264 g/mol. The molecule has 0 aliphatic carbocycles. The van der Waals surface area contributed by atoms with Crippen LogP contribution < -0.4 is 5.73 Å². The quantitative estimate of drug-likeness (QED) is 0.903. The van der Waals surface area contributed by atoms with Crippen LogP contribution in [-0.2, 0) is 13.0 Å². The molecule has 0 saturated heterocycles. The molecule has 0 bridgehead atoms. The number of imidazole rings is 1. The molecule has 0 spiro atoms. The van der Waals surface area contributed by atoms with Crippen molar-refractivity contribution < 1.29 is 0 Å². The molecule has 2 heterocycles. The van der Waals surface area contributed by atoms with Gasteiger partial charge in [-0.15, -0.1) is 11.3 Å². The first-order valence-electron chi connectivity index (χ1n) is 6.31. The predicted molar refractivity (Wildman–Crippen MR) is 74.7 cm³/mol.